The van der Waals surface area contributed by atoms with E-state index in [0.717, 1.165) is 19.5 Å². The maximum atomic E-state index is 10.0. The van der Waals surface area contributed by atoms with Gasteiger partial charge in [0, 0.05) is 18.5 Å². The Hall–Kier alpha value is -0.120. The first-order valence-corrected chi connectivity index (χ1v) is 6.36. The van der Waals surface area contributed by atoms with E-state index in [-0.39, 0.29) is 12.7 Å². The van der Waals surface area contributed by atoms with Crippen LogP contribution in [0.2, 0.25) is 0 Å². The summed E-state index contributed by atoms with van der Waals surface area (Å²) in [5.74, 6) is 0.466. The molecule has 0 aromatic carbocycles. The van der Waals surface area contributed by atoms with Crippen molar-refractivity contribution in [2.75, 3.05) is 19.7 Å². The van der Waals surface area contributed by atoms with Crippen LogP contribution in [0.4, 0.5) is 0 Å². The van der Waals surface area contributed by atoms with E-state index in [4.69, 9.17) is 5.11 Å². The van der Waals surface area contributed by atoms with E-state index in [9.17, 15) is 5.11 Å². The number of aliphatic hydroxyl groups excluding tert-OH is 2. The third-order valence-corrected chi connectivity index (χ3v) is 4.08. The Morgan fingerprint density at radius 3 is 2.60 bits per heavy atom. The monoisotopic (exact) mass is 213 g/mol. The van der Waals surface area contributed by atoms with Crippen LogP contribution in [0.5, 0.6) is 0 Å². The number of β-amino-alcohol motifs (C(OH)–C–C–N with tert-alkyl or cyclic N) is 1. The molecule has 1 saturated carbocycles. The predicted octanol–water partition coefficient (Wildman–Crippen LogP) is 0.994. The average molecular weight is 213 g/mol. The first-order chi connectivity index (χ1) is 7.33. The van der Waals surface area contributed by atoms with E-state index in [1.807, 2.05) is 0 Å². The van der Waals surface area contributed by atoms with Crippen molar-refractivity contribution in [3.8, 4) is 0 Å². The molecular formula is C12H23NO2. The lowest BCUT2D eigenvalue weighted by Crippen LogP contribution is -2.43. The summed E-state index contributed by atoms with van der Waals surface area (Å²) in [6.45, 7) is 2.14. The second-order valence-electron chi connectivity index (χ2n) is 4.98. The largest absolute Gasteiger partial charge is 0.395 e. The van der Waals surface area contributed by atoms with Crippen LogP contribution in [-0.2, 0) is 0 Å². The van der Waals surface area contributed by atoms with Gasteiger partial charge < -0.3 is 10.2 Å². The van der Waals surface area contributed by atoms with Crippen molar-refractivity contribution in [1.82, 2.24) is 4.90 Å². The Labute approximate surface area is 92.1 Å². The zero-order chi connectivity index (χ0) is 10.7. The van der Waals surface area contributed by atoms with Gasteiger partial charge in [0.25, 0.3) is 0 Å². The van der Waals surface area contributed by atoms with Crippen LogP contribution in [0.3, 0.4) is 0 Å². The van der Waals surface area contributed by atoms with Crippen LogP contribution in [-0.4, -0.2) is 47.0 Å². The molecule has 3 heteroatoms. The van der Waals surface area contributed by atoms with E-state index in [2.05, 4.69) is 4.90 Å². The van der Waals surface area contributed by atoms with Crippen LogP contribution < -0.4 is 0 Å². The highest BCUT2D eigenvalue weighted by Gasteiger charge is 2.36. The molecule has 0 aromatic rings. The van der Waals surface area contributed by atoms with Gasteiger partial charge in [0.05, 0.1) is 12.7 Å². The molecule has 1 aliphatic carbocycles. The van der Waals surface area contributed by atoms with Gasteiger partial charge in [0.1, 0.15) is 0 Å². The number of rotatable bonds is 3. The molecule has 0 spiro atoms. The fraction of sp³-hybridized carbons (Fsp3) is 1.00. The van der Waals surface area contributed by atoms with Gasteiger partial charge in [-0.3, -0.25) is 4.90 Å². The van der Waals surface area contributed by atoms with Gasteiger partial charge in [-0.05, 0) is 32.2 Å². The van der Waals surface area contributed by atoms with Crippen LogP contribution >= 0.6 is 0 Å². The van der Waals surface area contributed by atoms with Crippen molar-refractivity contribution in [1.29, 1.82) is 0 Å². The summed E-state index contributed by atoms with van der Waals surface area (Å²) in [5.41, 5.74) is 0. The lowest BCUT2D eigenvalue weighted by molar-refractivity contribution is 0.0184. The normalized spacial score (nSPS) is 38.4. The standard InChI is InChI=1S/C12H23NO2/c14-9-8-13-7-3-5-11(13)10-4-1-2-6-12(10)15/h10-12,14-15H,1-9H2. The lowest BCUT2D eigenvalue weighted by atomic mass is 9.80. The van der Waals surface area contributed by atoms with E-state index in [1.54, 1.807) is 0 Å². The Bertz CT molecular complexity index is 198. The zero-order valence-corrected chi connectivity index (χ0v) is 9.44. The molecule has 1 aliphatic heterocycles. The van der Waals surface area contributed by atoms with Crippen molar-refractivity contribution in [3.05, 3.63) is 0 Å². The molecule has 0 aromatic heterocycles. The maximum Gasteiger partial charge on any atom is 0.0583 e. The van der Waals surface area contributed by atoms with Crippen molar-refractivity contribution >= 4 is 0 Å². The van der Waals surface area contributed by atoms with Crippen LogP contribution in [0.1, 0.15) is 38.5 Å². The van der Waals surface area contributed by atoms with E-state index in [0.29, 0.717) is 12.0 Å². The molecule has 0 bridgehead atoms. The third kappa shape index (κ3) is 2.52. The highest BCUT2D eigenvalue weighted by molar-refractivity contribution is 4.90. The van der Waals surface area contributed by atoms with Crippen molar-refractivity contribution < 1.29 is 10.2 Å². The fourth-order valence-electron chi connectivity index (χ4n) is 3.33. The summed E-state index contributed by atoms with van der Waals surface area (Å²) in [6, 6.07) is 0.535. The van der Waals surface area contributed by atoms with Crippen molar-refractivity contribution in [2.45, 2.75) is 50.7 Å². The quantitative estimate of drug-likeness (QED) is 0.735. The summed E-state index contributed by atoms with van der Waals surface area (Å²) in [5, 5.41) is 19.0. The molecule has 3 nitrogen and oxygen atoms in total. The number of hydrogen-bond acceptors (Lipinski definition) is 3. The molecule has 0 radical (unpaired) electrons. The molecule has 3 unspecified atom stereocenters. The summed E-state index contributed by atoms with van der Waals surface area (Å²) >= 11 is 0. The van der Waals surface area contributed by atoms with E-state index >= 15 is 0 Å². The molecule has 2 aliphatic rings. The first kappa shape index (κ1) is 11.4. The van der Waals surface area contributed by atoms with Gasteiger partial charge >= 0.3 is 0 Å². The van der Waals surface area contributed by atoms with Gasteiger partial charge in [-0.1, -0.05) is 12.8 Å². The molecule has 2 N–H and O–H groups in total. The minimum absolute atomic E-state index is 0.0944. The minimum Gasteiger partial charge on any atom is -0.395 e. The second kappa shape index (κ2) is 5.28. The summed E-state index contributed by atoms with van der Waals surface area (Å²) in [7, 11) is 0. The highest BCUT2D eigenvalue weighted by Crippen LogP contribution is 2.34. The Kier molecular flexibility index (Phi) is 4.00. The number of nitrogens with zero attached hydrogens (tertiary/aromatic N) is 1. The average Bonchev–Trinajstić information content (AvgIpc) is 2.67. The van der Waals surface area contributed by atoms with Crippen molar-refractivity contribution in [2.24, 2.45) is 5.92 Å². The smallest absolute Gasteiger partial charge is 0.0583 e. The number of hydrogen-bond donors (Lipinski definition) is 2. The Morgan fingerprint density at radius 2 is 1.87 bits per heavy atom. The molecule has 1 heterocycles. The Balaban J connectivity index is 1.94. The fourth-order valence-corrected chi connectivity index (χ4v) is 3.33. The van der Waals surface area contributed by atoms with Crippen molar-refractivity contribution in [3.63, 3.8) is 0 Å². The molecule has 3 atom stereocenters. The zero-order valence-electron chi connectivity index (χ0n) is 9.44. The molecule has 2 rings (SSSR count). The van der Waals surface area contributed by atoms with E-state index < -0.39 is 0 Å². The third-order valence-electron chi connectivity index (χ3n) is 4.08. The van der Waals surface area contributed by atoms with E-state index in [1.165, 1.54) is 32.1 Å². The van der Waals surface area contributed by atoms with Gasteiger partial charge in [0.2, 0.25) is 0 Å². The van der Waals surface area contributed by atoms with Crippen LogP contribution in [0.25, 0.3) is 0 Å². The van der Waals surface area contributed by atoms with Gasteiger partial charge in [-0.15, -0.1) is 0 Å². The highest BCUT2D eigenvalue weighted by atomic mass is 16.3. The number of likely N-dealkylation sites (tertiary alicyclic amines) is 1. The van der Waals surface area contributed by atoms with Gasteiger partial charge in [-0.2, -0.15) is 0 Å². The lowest BCUT2D eigenvalue weighted by Gasteiger charge is -2.37. The summed E-state index contributed by atoms with van der Waals surface area (Å²) < 4.78 is 0. The summed E-state index contributed by atoms with van der Waals surface area (Å²) in [4.78, 5) is 2.37. The molecule has 1 saturated heterocycles. The SMILES string of the molecule is OCCN1CCCC1C1CCCCC1O. The molecular weight excluding hydrogens is 190 g/mol. The number of aliphatic hydroxyl groups is 2. The van der Waals surface area contributed by atoms with Gasteiger partial charge in [0.15, 0.2) is 0 Å². The topological polar surface area (TPSA) is 43.7 Å². The molecule has 88 valence electrons. The molecule has 0 amide bonds. The predicted molar refractivity (Wildman–Crippen MR) is 59.6 cm³/mol. The van der Waals surface area contributed by atoms with Crippen LogP contribution in [0, 0.1) is 5.92 Å². The maximum absolute atomic E-state index is 10.0. The van der Waals surface area contributed by atoms with Gasteiger partial charge in [-0.25, -0.2) is 0 Å². The second-order valence-corrected chi connectivity index (χ2v) is 4.98. The van der Waals surface area contributed by atoms with Crippen LogP contribution in [0.15, 0.2) is 0 Å². The first-order valence-electron chi connectivity index (χ1n) is 6.36. The molecule has 2 fully saturated rings. The summed E-state index contributed by atoms with van der Waals surface area (Å²) in [6.07, 6.45) is 6.95. The molecule has 15 heavy (non-hydrogen) atoms. The Morgan fingerprint density at radius 1 is 1.07 bits per heavy atom. The minimum atomic E-state index is -0.0944.